The lowest BCUT2D eigenvalue weighted by Gasteiger charge is -2.43. The molecule has 0 radical (unpaired) electrons. The summed E-state index contributed by atoms with van der Waals surface area (Å²) >= 11 is 1.85. The maximum atomic E-state index is 14.5. The van der Waals surface area contributed by atoms with Crippen molar-refractivity contribution in [2.75, 3.05) is 16.6 Å². The minimum absolute atomic E-state index is 0.196. The largest absolute Gasteiger partial charge is 0.394 e. The molecule has 0 saturated heterocycles. The Hall–Kier alpha value is -1.32. The van der Waals surface area contributed by atoms with Crippen molar-refractivity contribution in [2.45, 2.75) is 30.1 Å². The van der Waals surface area contributed by atoms with Gasteiger partial charge in [0.1, 0.15) is 17.2 Å². The molecular formula is C18H19F4IN2O4S. The molecule has 1 aliphatic rings. The molecule has 166 valence electrons. The van der Waals surface area contributed by atoms with Gasteiger partial charge in [0.2, 0.25) is 0 Å². The number of benzene rings is 2. The molecule has 0 aliphatic heterocycles. The molecule has 0 amide bonds. The average Bonchev–Trinajstić information content (AvgIpc) is 3.45. The molecule has 2 aromatic rings. The van der Waals surface area contributed by atoms with E-state index < -0.39 is 62.9 Å². The molecule has 1 unspecified atom stereocenters. The van der Waals surface area contributed by atoms with Crippen molar-refractivity contribution in [1.82, 2.24) is 0 Å². The van der Waals surface area contributed by atoms with Crippen molar-refractivity contribution in [3.8, 4) is 0 Å². The smallest absolute Gasteiger partial charge is 0.184 e. The molecule has 1 atom stereocenters. The van der Waals surface area contributed by atoms with Crippen LogP contribution in [0.5, 0.6) is 0 Å². The van der Waals surface area contributed by atoms with Crippen LogP contribution in [-0.2, 0) is 0 Å². The second kappa shape index (κ2) is 8.67. The third-order valence-electron chi connectivity index (χ3n) is 4.84. The lowest BCUT2D eigenvalue weighted by atomic mass is 10.2. The second-order valence-electron chi connectivity index (χ2n) is 7.03. The highest BCUT2D eigenvalue weighted by molar-refractivity contribution is 14.1. The van der Waals surface area contributed by atoms with Crippen LogP contribution in [0.15, 0.2) is 24.3 Å². The van der Waals surface area contributed by atoms with E-state index in [4.69, 9.17) is 5.11 Å². The van der Waals surface area contributed by atoms with Crippen molar-refractivity contribution >= 4 is 50.4 Å². The number of nitrogens with one attached hydrogen (secondary N) is 2. The highest BCUT2D eigenvalue weighted by Crippen LogP contribution is 2.67. The summed E-state index contributed by atoms with van der Waals surface area (Å²) in [5.74, 6) is -5.25. The number of hydrogen-bond donors (Lipinski definition) is 6. The van der Waals surface area contributed by atoms with Gasteiger partial charge in [-0.2, -0.15) is 0 Å². The highest BCUT2D eigenvalue weighted by atomic mass is 127. The van der Waals surface area contributed by atoms with Gasteiger partial charge in [-0.1, -0.05) is 0 Å². The van der Waals surface area contributed by atoms with E-state index in [2.05, 4.69) is 10.0 Å². The van der Waals surface area contributed by atoms with Crippen molar-refractivity contribution < 1.29 is 36.9 Å². The Kier molecular flexibility index (Phi) is 6.74. The zero-order valence-corrected chi connectivity index (χ0v) is 18.3. The average molecular weight is 562 g/mol. The first-order chi connectivity index (χ1) is 14.0. The molecule has 2 aromatic carbocycles. The lowest BCUT2D eigenvalue weighted by Crippen LogP contribution is -2.31. The maximum Gasteiger partial charge on any atom is 0.184 e. The Morgan fingerprint density at radius 2 is 1.70 bits per heavy atom. The number of aliphatic hydroxyl groups excluding tert-OH is 2. The van der Waals surface area contributed by atoms with E-state index in [1.165, 1.54) is 12.1 Å². The van der Waals surface area contributed by atoms with Gasteiger partial charge in [-0.15, -0.1) is 10.8 Å². The molecule has 0 aromatic heterocycles. The minimum Gasteiger partial charge on any atom is -0.394 e. The fourth-order valence-corrected chi connectivity index (χ4v) is 5.28. The Labute approximate surface area is 184 Å². The molecule has 12 heteroatoms. The van der Waals surface area contributed by atoms with Crippen LogP contribution in [0.2, 0.25) is 0 Å². The standard InChI is InChI=1S/C18H19F4IN2O4S/c19-11-5-9(23)1-2-14(11)24-17-15(22)12(20)6-13(21)16(17)25-30(28,29)18(3-4-18)7-10(27)8-26/h1-2,5-6,10,24-29H,3-4,7-8H2. The Bertz CT molecular complexity index is 962. The van der Waals surface area contributed by atoms with E-state index in [1.54, 1.807) is 0 Å². The van der Waals surface area contributed by atoms with Crippen LogP contribution in [0.4, 0.5) is 34.6 Å². The molecule has 0 heterocycles. The van der Waals surface area contributed by atoms with Gasteiger partial charge >= 0.3 is 0 Å². The van der Waals surface area contributed by atoms with Crippen LogP contribution < -0.4 is 10.0 Å². The summed E-state index contributed by atoms with van der Waals surface area (Å²) in [7, 11) is -3.88. The molecule has 30 heavy (non-hydrogen) atoms. The molecule has 1 saturated carbocycles. The van der Waals surface area contributed by atoms with Gasteiger partial charge < -0.3 is 15.5 Å². The normalized spacial score (nSPS) is 16.8. The van der Waals surface area contributed by atoms with E-state index in [0.29, 0.717) is 3.57 Å². The van der Waals surface area contributed by atoms with Gasteiger partial charge in [0.25, 0.3) is 0 Å². The van der Waals surface area contributed by atoms with Gasteiger partial charge in [-0.25, -0.2) is 17.6 Å². The monoisotopic (exact) mass is 562 g/mol. The lowest BCUT2D eigenvalue weighted by molar-refractivity contribution is 0.0851. The molecular weight excluding hydrogens is 543 g/mol. The molecule has 1 aliphatic carbocycles. The van der Waals surface area contributed by atoms with Crippen molar-refractivity contribution in [1.29, 1.82) is 0 Å². The molecule has 6 nitrogen and oxygen atoms in total. The molecule has 0 bridgehead atoms. The topological polar surface area (TPSA) is 105 Å². The summed E-state index contributed by atoms with van der Waals surface area (Å²) in [6.07, 6.45) is -0.939. The number of hydrogen-bond acceptors (Lipinski definition) is 6. The van der Waals surface area contributed by atoms with Crippen molar-refractivity contribution in [3.63, 3.8) is 0 Å². The number of anilines is 3. The van der Waals surface area contributed by atoms with Crippen LogP contribution in [-0.4, -0.2) is 36.8 Å². The molecule has 6 N–H and O–H groups in total. The SMILES string of the molecule is OCC(O)CC1(S(O)(O)Nc2c(F)cc(F)c(F)c2Nc2ccc(I)cc2F)CC1. The van der Waals surface area contributed by atoms with E-state index in [1.807, 2.05) is 22.6 Å². The van der Waals surface area contributed by atoms with Crippen LogP contribution in [0, 0.1) is 26.8 Å². The van der Waals surface area contributed by atoms with E-state index in [-0.39, 0.29) is 31.0 Å². The van der Waals surface area contributed by atoms with Gasteiger partial charge in [0, 0.05) is 16.1 Å². The minimum atomic E-state index is -3.88. The van der Waals surface area contributed by atoms with Crippen LogP contribution in [0.1, 0.15) is 19.3 Å². The Morgan fingerprint density at radius 1 is 1.03 bits per heavy atom. The summed E-state index contributed by atoms with van der Waals surface area (Å²) in [6.45, 7) is -0.615. The van der Waals surface area contributed by atoms with Gasteiger partial charge in [-0.3, -0.25) is 13.8 Å². The maximum absolute atomic E-state index is 14.5. The van der Waals surface area contributed by atoms with E-state index in [9.17, 15) is 31.8 Å². The van der Waals surface area contributed by atoms with Crippen LogP contribution >= 0.6 is 33.4 Å². The first-order valence-electron chi connectivity index (χ1n) is 8.74. The molecule has 1 fully saturated rings. The number of halogens is 5. The fourth-order valence-electron chi connectivity index (χ4n) is 3.03. The van der Waals surface area contributed by atoms with Gasteiger partial charge in [-0.05, 0) is 53.6 Å². The van der Waals surface area contributed by atoms with Gasteiger partial charge in [0.05, 0.1) is 23.1 Å². The second-order valence-corrected chi connectivity index (χ2v) is 10.4. The molecule has 0 spiro atoms. The third kappa shape index (κ3) is 4.62. The fraction of sp³-hybridized carbons (Fsp3) is 0.333. The zero-order valence-electron chi connectivity index (χ0n) is 15.3. The first-order valence-corrected chi connectivity index (χ1v) is 11.4. The quantitative estimate of drug-likeness (QED) is 0.155. The number of aliphatic hydroxyl groups is 2. The Balaban J connectivity index is 1.99. The van der Waals surface area contributed by atoms with E-state index >= 15 is 0 Å². The summed E-state index contributed by atoms with van der Waals surface area (Å²) in [6, 6.07) is 4.06. The van der Waals surface area contributed by atoms with Gasteiger partial charge in [0.15, 0.2) is 17.5 Å². The molecule has 3 rings (SSSR count). The summed E-state index contributed by atoms with van der Waals surface area (Å²) in [5, 5.41) is 21.0. The van der Waals surface area contributed by atoms with Crippen LogP contribution in [0.3, 0.4) is 0 Å². The zero-order chi connectivity index (χ0) is 22.3. The number of rotatable bonds is 8. The van der Waals surface area contributed by atoms with E-state index in [0.717, 1.165) is 6.07 Å². The highest BCUT2D eigenvalue weighted by Gasteiger charge is 2.55. The summed E-state index contributed by atoms with van der Waals surface area (Å²) < 4.78 is 79.7. The Morgan fingerprint density at radius 3 is 2.27 bits per heavy atom. The predicted molar refractivity (Wildman–Crippen MR) is 115 cm³/mol. The third-order valence-corrected chi connectivity index (χ3v) is 7.78. The first kappa shape index (κ1) is 23.3. The van der Waals surface area contributed by atoms with Crippen molar-refractivity contribution in [3.05, 3.63) is 51.1 Å². The predicted octanol–water partition coefficient (Wildman–Crippen LogP) is 4.94. The van der Waals surface area contributed by atoms with Crippen molar-refractivity contribution in [2.24, 2.45) is 0 Å². The summed E-state index contributed by atoms with van der Waals surface area (Å²) in [5.41, 5.74) is -1.92. The van der Waals surface area contributed by atoms with Crippen LogP contribution in [0.25, 0.3) is 0 Å². The summed E-state index contributed by atoms with van der Waals surface area (Å²) in [4.78, 5) is 0.